The molecule has 0 bridgehead atoms. The van der Waals surface area contributed by atoms with Crippen LogP contribution in [-0.2, 0) is 23.5 Å². The van der Waals surface area contributed by atoms with Gasteiger partial charge >= 0.3 is 174 Å². The van der Waals surface area contributed by atoms with Crippen molar-refractivity contribution in [1.29, 1.82) is 0 Å². The Morgan fingerprint density at radius 2 is 0.833 bits per heavy atom. The number of rotatable bonds is 5. The van der Waals surface area contributed by atoms with Crippen LogP contribution in [0.15, 0.2) is 0 Å². The molecule has 0 aliphatic heterocycles. The number of halogens is 1. The van der Waals surface area contributed by atoms with E-state index < -0.39 is 52.0 Å². The second-order valence-electron chi connectivity index (χ2n) is 3.50. The van der Waals surface area contributed by atoms with Gasteiger partial charge in [0, 0.05) is 0 Å². The van der Waals surface area contributed by atoms with Gasteiger partial charge in [-0.2, -0.15) is 0 Å². The third-order valence-electron chi connectivity index (χ3n) is 1.29. The molecule has 170 valence electrons. The quantitative estimate of drug-likeness (QED) is 0.108. The molecule has 0 fully saturated rings. The molecule has 0 rings (SSSR count). The molecule has 16 N–H and O–H groups in total. The van der Waals surface area contributed by atoms with Crippen molar-refractivity contribution in [2.45, 2.75) is 18.4 Å². The Morgan fingerprint density at radius 3 is 0.900 bits per heavy atom. The van der Waals surface area contributed by atoms with Crippen LogP contribution in [0, 0.1) is 0 Å². The van der Waals surface area contributed by atoms with Gasteiger partial charge in [-0.15, -0.1) is 12.4 Å². The van der Waals surface area contributed by atoms with Gasteiger partial charge in [0.2, 0.25) is 0 Å². The van der Waals surface area contributed by atoms with Crippen LogP contribution in [0.5, 0.6) is 0 Å². The summed E-state index contributed by atoms with van der Waals surface area (Å²) in [5.41, 5.74) is -2.74. The molecule has 24 heteroatoms. The number of phosphoric acid groups is 2. The largest absolute Gasteiger partial charge is 1.00 e. The molecule has 0 aromatic heterocycles. The van der Waals surface area contributed by atoms with Gasteiger partial charge in [-0.1, -0.05) is 0 Å². The Balaban J connectivity index is -0.0000000141. The summed E-state index contributed by atoms with van der Waals surface area (Å²) < 4.78 is 17.8. The molecule has 0 heterocycles. The maximum Gasteiger partial charge on any atom is 1.00 e. The second kappa shape index (κ2) is 30.5. The Hall–Kier alpha value is 3.44. The summed E-state index contributed by atoms with van der Waals surface area (Å²) in [5.74, 6) is -5.02. The molecular formula is C6H25ClKN2Na3O15P2. The van der Waals surface area contributed by atoms with E-state index in [0.717, 1.165) is 0 Å². The molecule has 0 amide bonds. The number of aliphatic carboxylic acids is 3. The summed E-state index contributed by atoms with van der Waals surface area (Å²) >= 11 is 0. The van der Waals surface area contributed by atoms with E-state index in [4.69, 9.17) is 58.9 Å². The van der Waals surface area contributed by atoms with E-state index in [2.05, 4.69) is 0 Å². The Morgan fingerprint density at radius 1 is 0.700 bits per heavy atom. The zero-order chi connectivity index (χ0) is 19.6. The fourth-order valence-electron chi connectivity index (χ4n) is 0.714. The summed E-state index contributed by atoms with van der Waals surface area (Å²) in [6.07, 6.45) is -2.29. The SMILES string of the molecule is Cl.N.N.O=C(O)CC(O)(CC(=O)O)C(=O)O.O=P(O)(O)O.O=P(O)(O)O.[H-].[H-].[H-].[H-].[K+].[Na+].[Na+].[Na+]. The Kier molecular flexibility index (Phi) is 65.0. The van der Waals surface area contributed by atoms with Crippen LogP contribution in [0.4, 0.5) is 0 Å². The first-order valence-electron chi connectivity index (χ1n) is 4.74. The maximum atomic E-state index is 10.3. The molecule has 0 radical (unpaired) electrons. The van der Waals surface area contributed by atoms with Crippen LogP contribution in [0.25, 0.3) is 0 Å². The van der Waals surface area contributed by atoms with Gasteiger partial charge in [0.1, 0.15) is 0 Å². The van der Waals surface area contributed by atoms with E-state index in [1.165, 1.54) is 0 Å². The van der Waals surface area contributed by atoms with Gasteiger partial charge in [-0.05, 0) is 0 Å². The number of hydrogen-bond acceptors (Lipinski definition) is 8. The van der Waals surface area contributed by atoms with E-state index in [9.17, 15) is 14.4 Å². The van der Waals surface area contributed by atoms with Crippen molar-refractivity contribution in [3.05, 3.63) is 0 Å². The molecule has 17 nitrogen and oxygen atoms in total. The molecular weight excluding hydrogens is 546 g/mol. The van der Waals surface area contributed by atoms with Gasteiger partial charge < -0.3 is 67.8 Å². The van der Waals surface area contributed by atoms with E-state index in [-0.39, 0.29) is 170 Å². The van der Waals surface area contributed by atoms with Crippen molar-refractivity contribution >= 4 is 46.0 Å². The first kappa shape index (κ1) is 64.0. The Labute approximate surface area is 291 Å². The number of carboxylic acids is 3. The van der Waals surface area contributed by atoms with E-state index in [1.807, 2.05) is 0 Å². The monoisotopic (exact) mass is 570 g/mol. The number of aliphatic hydroxyl groups is 1. The van der Waals surface area contributed by atoms with E-state index >= 15 is 0 Å². The van der Waals surface area contributed by atoms with Gasteiger partial charge in [0.25, 0.3) is 0 Å². The molecule has 0 aliphatic rings. The predicted octanol–water partition coefficient (Wildman–Crippen LogP) is -13.9. The standard InChI is InChI=1S/C6H8O7.ClH.K.2H3N.3Na.2H3O4P.4H/c7-3(8)1-6(13,5(11)12)2-4(9)10;;;;;;;;2*1-5(2,3)4;;;;/h13H,1-2H2,(H,7,8)(H,9,10)(H,11,12);1H;;2*1H3;;;;2*(H3,1,2,3,4);;;;/q;;+1;;;3*+1;;;4*-1. The van der Waals surface area contributed by atoms with Crippen molar-refractivity contribution in [3.8, 4) is 0 Å². The summed E-state index contributed by atoms with van der Waals surface area (Å²) in [5, 5.41) is 33.8. The minimum atomic E-state index is -4.64. The van der Waals surface area contributed by atoms with Gasteiger partial charge in [0.15, 0.2) is 5.60 Å². The minimum absolute atomic E-state index is 0. The average molecular weight is 571 g/mol. The third-order valence-corrected chi connectivity index (χ3v) is 1.29. The topological polar surface area (TPSA) is 358 Å². The normalized spacial score (nSPS) is 8.63. The van der Waals surface area contributed by atoms with Gasteiger partial charge in [0.05, 0.1) is 12.8 Å². The summed E-state index contributed by atoms with van der Waals surface area (Å²) in [7, 11) is -9.28. The maximum absolute atomic E-state index is 10.3. The molecule has 0 aromatic rings. The van der Waals surface area contributed by atoms with Gasteiger partial charge in [-0.25, -0.2) is 13.9 Å². The number of carboxylic acid groups (broad SMARTS) is 3. The zero-order valence-corrected chi connectivity index (χ0v) is 28.4. The first-order valence-corrected chi connectivity index (χ1v) is 7.87. The number of carbonyl (C=O) groups is 3. The minimum Gasteiger partial charge on any atom is -1.00 e. The summed E-state index contributed by atoms with van der Waals surface area (Å²) in [6, 6.07) is 0. The molecule has 30 heavy (non-hydrogen) atoms. The average Bonchev–Trinajstić information content (AvgIpc) is 2.07. The van der Waals surface area contributed by atoms with Crippen LogP contribution in [0.1, 0.15) is 18.5 Å². The van der Waals surface area contributed by atoms with Crippen LogP contribution < -0.4 is 152 Å². The molecule has 0 aromatic carbocycles. The fraction of sp³-hybridized carbons (Fsp3) is 0.500. The van der Waals surface area contributed by atoms with Crippen LogP contribution in [0.3, 0.4) is 0 Å². The van der Waals surface area contributed by atoms with Crippen molar-refractivity contribution in [2.75, 3.05) is 0 Å². The molecule has 0 saturated heterocycles. The first-order chi connectivity index (χ1) is 9.78. The number of hydrogen-bond donors (Lipinski definition) is 12. The van der Waals surface area contributed by atoms with Crippen LogP contribution >= 0.6 is 28.1 Å². The zero-order valence-electron chi connectivity index (χ0n) is 20.6. The van der Waals surface area contributed by atoms with Crippen molar-refractivity contribution in [2.24, 2.45) is 0 Å². The molecule has 0 unspecified atom stereocenters. The third kappa shape index (κ3) is 77.1. The molecule has 0 aliphatic carbocycles. The van der Waals surface area contributed by atoms with E-state index in [0.29, 0.717) is 0 Å². The fourth-order valence-corrected chi connectivity index (χ4v) is 0.714. The molecule has 0 atom stereocenters. The van der Waals surface area contributed by atoms with Crippen LogP contribution in [0.2, 0.25) is 0 Å². The van der Waals surface area contributed by atoms with Crippen molar-refractivity contribution in [1.82, 2.24) is 12.3 Å². The van der Waals surface area contributed by atoms with E-state index in [1.54, 1.807) is 0 Å². The second-order valence-corrected chi connectivity index (χ2v) is 5.56. The molecule has 0 saturated carbocycles. The van der Waals surface area contributed by atoms with Crippen LogP contribution in [-0.4, -0.2) is 73.3 Å². The molecule has 0 spiro atoms. The Bertz CT molecular complexity index is 500. The summed E-state index contributed by atoms with van der Waals surface area (Å²) in [4.78, 5) is 73.6. The van der Waals surface area contributed by atoms with Crippen molar-refractivity contribution < 1.29 is 219 Å². The smallest absolute Gasteiger partial charge is 1.00 e. The predicted molar refractivity (Wildman–Crippen MR) is 87.4 cm³/mol. The van der Waals surface area contributed by atoms with Gasteiger partial charge in [-0.3, -0.25) is 9.59 Å². The van der Waals surface area contributed by atoms with Crippen molar-refractivity contribution in [3.63, 3.8) is 0 Å². The summed E-state index contributed by atoms with van der Waals surface area (Å²) in [6.45, 7) is 0.